The van der Waals surface area contributed by atoms with Crippen LogP contribution in [-0.2, 0) is 0 Å². The third-order valence-corrected chi connectivity index (χ3v) is 4.43. The van der Waals surface area contributed by atoms with Crippen LogP contribution in [-0.4, -0.2) is 26.9 Å². The number of aromatic amines is 1. The Bertz CT molecular complexity index is 1040. The van der Waals surface area contributed by atoms with Crippen molar-refractivity contribution >= 4 is 11.0 Å². The number of rotatable bonds is 4. The molecule has 0 saturated carbocycles. The molecule has 6 heteroatoms. The Morgan fingerprint density at radius 1 is 1.24 bits per heavy atom. The van der Waals surface area contributed by atoms with Gasteiger partial charge in [0.25, 0.3) is 0 Å². The Morgan fingerprint density at radius 2 is 2.12 bits per heavy atom. The van der Waals surface area contributed by atoms with Crippen LogP contribution in [0.3, 0.4) is 0 Å². The lowest BCUT2D eigenvalue weighted by Crippen LogP contribution is -2.07. The van der Waals surface area contributed by atoms with Gasteiger partial charge in [-0.25, -0.2) is 9.37 Å². The number of H-pyrrole nitrogens is 1. The highest BCUT2D eigenvalue weighted by molar-refractivity contribution is 5.92. The molecule has 0 fully saturated rings. The van der Waals surface area contributed by atoms with Gasteiger partial charge >= 0.3 is 0 Å². The van der Waals surface area contributed by atoms with E-state index in [-0.39, 0.29) is 17.6 Å². The SMILES string of the molecule is COc1ccc(C(C)n2cc(-c3ccnc4[nH]ccc34)cn2)cc1F. The maximum Gasteiger partial charge on any atom is 0.165 e. The monoisotopic (exact) mass is 336 g/mol. The lowest BCUT2D eigenvalue weighted by Gasteiger charge is -2.13. The molecule has 0 spiro atoms. The van der Waals surface area contributed by atoms with Crippen LogP contribution < -0.4 is 4.74 Å². The van der Waals surface area contributed by atoms with Crippen LogP contribution in [0.2, 0.25) is 0 Å². The van der Waals surface area contributed by atoms with E-state index in [0.29, 0.717) is 0 Å². The Hall–Kier alpha value is -3.15. The van der Waals surface area contributed by atoms with E-state index in [1.54, 1.807) is 12.3 Å². The van der Waals surface area contributed by atoms with Gasteiger partial charge in [-0.15, -0.1) is 0 Å². The first-order chi connectivity index (χ1) is 12.2. The van der Waals surface area contributed by atoms with Crippen molar-refractivity contribution < 1.29 is 9.13 Å². The summed E-state index contributed by atoms with van der Waals surface area (Å²) in [4.78, 5) is 7.42. The number of halogens is 1. The molecule has 1 N–H and O–H groups in total. The Morgan fingerprint density at radius 3 is 2.92 bits per heavy atom. The summed E-state index contributed by atoms with van der Waals surface area (Å²) in [6.07, 6.45) is 7.43. The predicted octanol–water partition coefficient (Wildman–Crippen LogP) is 4.18. The van der Waals surface area contributed by atoms with Crippen molar-refractivity contribution in [2.45, 2.75) is 13.0 Å². The summed E-state index contributed by atoms with van der Waals surface area (Å²) in [5, 5.41) is 5.51. The minimum Gasteiger partial charge on any atom is -0.494 e. The number of nitrogens with zero attached hydrogens (tertiary/aromatic N) is 3. The predicted molar refractivity (Wildman–Crippen MR) is 94.1 cm³/mol. The quantitative estimate of drug-likeness (QED) is 0.608. The average Bonchev–Trinajstić information content (AvgIpc) is 3.30. The minimum atomic E-state index is -0.373. The summed E-state index contributed by atoms with van der Waals surface area (Å²) in [5.41, 5.74) is 3.73. The number of fused-ring (bicyclic) bond motifs is 1. The number of hydrogen-bond acceptors (Lipinski definition) is 3. The highest BCUT2D eigenvalue weighted by atomic mass is 19.1. The Balaban J connectivity index is 1.69. The number of nitrogens with one attached hydrogen (secondary N) is 1. The first-order valence-electron chi connectivity index (χ1n) is 7.97. The van der Waals surface area contributed by atoms with Crippen LogP contribution in [0.4, 0.5) is 4.39 Å². The number of ether oxygens (including phenoxy) is 1. The minimum absolute atomic E-state index is 0.0993. The molecule has 1 aromatic carbocycles. The van der Waals surface area contributed by atoms with Crippen molar-refractivity contribution in [2.75, 3.05) is 7.11 Å². The largest absolute Gasteiger partial charge is 0.494 e. The zero-order valence-electron chi connectivity index (χ0n) is 13.9. The molecule has 3 heterocycles. The van der Waals surface area contributed by atoms with Crippen LogP contribution in [0.25, 0.3) is 22.2 Å². The van der Waals surface area contributed by atoms with Crippen LogP contribution in [0.5, 0.6) is 5.75 Å². The van der Waals surface area contributed by atoms with E-state index in [1.807, 2.05) is 48.4 Å². The van der Waals surface area contributed by atoms with Crippen molar-refractivity contribution in [3.63, 3.8) is 0 Å². The van der Waals surface area contributed by atoms with Crippen molar-refractivity contribution in [1.82, 2.24) is 19.7 Å². The maximum atomic E-state index is 14.0. The summed E-state index contributed by atoms with van der Waals surface area (Å²) in [5.74, 6) is -0.133. The molecule has 1 unspecified atom stereocenters. The molecule has 0 radical (unpaired) electrons. The third-order valence-electron chi connectivity index (χ3n) is 4.43. The molecule has 0 bridgehead atoms. The molecule has 5 nitrogen and oxygen atoms in total. The summed E-state index contributed by atoms with van der Waals surface area (Å²) in [7, 11) is 1.46. The fourth-order valence-corrected chi connectivity index (χ4v) is 3.00. The van der Waals surface area contributed by atoms with Gasteiger partial charge in [0.05, 0.1) is 19.3 Å². The lowest BCUT2D eigenvalue weighted by atomic mass is 10.1. The highest BCUT2D eigenvalue weighted by Gasteiger charge is 2.14. The molecule has 0 amide bonds. The van der Waals surface area contributed by atoms with E-state index in [9.17, 15) is 4.39 Å². The standard InChI is InChI=1S/C19H17FN4O/c1-12(13-3-4-18(25-2)17(20)9-13)24-11-14(10-23-24)15-5-7-21-19-16(15)6-8-22-19/h3-12H,1-2H3,(H,21,22). The van der Waals surface area contributed by atoms with Gasteiger partial charge in [-0.3, -0.25) is 4.68 Å². The molecule has 4 aromatic rings. The zero-order chi connectivity index (χ0) is 17.4. The number of methoxy groups -OCH3 is 1. The van der Waals surface area contributed by atoms with Crippen molar-refractivity contribution in [1.29, 1.82) is 0 Å². The van der Waals surface area contributed by atoms with Gasteiger partial charge in [-0.1, -0.05) is 6.07 Å². The maximum absolute atomic E-state index is 14.0. The lowest BCUT2D eigenvalue weighted by molar-refractivity contribution is 0.385. The smallest absolute Gasteiger partial charge is 0.165 e. The normalized spacial score (nSPS) is 12.4. The fourth-order valence-electron chi connectivity index (χ4n) is 3.00. The molecular formula is C19H17FN4O. The third kappa shape index (κ3) is 2.65. The summed E-state index contributed by atoms with van der Waals surface area (Å²) in [6, 6.07) is 8.84. The number of pyridine rings is 1. The second kappa shape index (κ2) is 6.05. The molecule has 0 aliphatic carbocycles. The molecule has 0 saturated heterocycles. The van der Waals surface area contributed by atoms with Crippen molar-refractivity contribution in [3.05, 3.63) is 66.5 Å². The van der Waals surface area contributed by atoms with E-state index >= 15 is 0 Å². The summed E-state index contributed by atoms with van der Waals surface area (Å²) < 4.78 is 20.8. The number of benzene rings is 1. The van der Waals surface area contributed by atoms with E-state index < -0.39 is 0 Å². The molecule has 0 aliphatic rings. The molecule has 3 aromatic heterocycles. The van der Waals surface area contributed by atoms with Gasteiger partial charge in [-0.05, 0) is 42.3 Å². The average molecular weight is 336 g/mol. The van der Waals surface area contributed by atoms with Crippen LogP contribution >= 0.6 is 0 Å². The van der Waals surface area contributed by atoms with Gasteiger partial charge in [-0.2, -0.15) is 5.10 Å². The summed E-state index contributed by atoms with van der Waals surface area (Å²) >= 11 is 0. The summed E-state index contributed by atoms with van der Waals surface area (Å²) in [6.45, 7) is 1.98. The molecule has 25 heavy (non-hydrogen) atoms. The highest BCUT2D eigenvalue weighted by Crippen LogP contribution is 2.29. The Labute approximate surface area is 144 Å². The number of aromatic nitrogens is 4. The van der Waals surface area contributed by atoms with E-state index in [2.05, 4.69) is 15.1 Å². The molecule has 4 rings (SSSR count). The molecular weight excluding hydrogens is 319 g/mol. The zero-order valence-corrected chi connectivity index (χ0v) is 13.9. The first-order valence-corrected chi connectivity index (χ1v) is 7.97. The van der Waals surface area contributed by atoms with Gasteiger partial charge in [0, 0.05) is 29.5 Å². The van der Waals surface area contributed by atoms with Gasteiger partial charge in [0.2, 0.25) is 0 Å². The van der Waals surface area contributed by atoms with Crippen LogP contribution in [0.1, 0.15) is 18.5 Å². The number of hydrogen-bond donors (Lipinski definition) is 1. The topological polar surface area (TPSA) is 55.7 Å². The van der Waals surface area contributed by atoms with Crippen molar-refractivity contribution in [2.24, 2.45) is 0 Å². The van der Waals surface area contributed by atoms with E-state index in [0.717, 1.165) is 27.7 Å². The molecule has 126 valence electrons. The molecule has 0 aliphatic heterocycles. The first kappa shape index (κ1) is 15.4. The van der Waals surface area contributed by atoms with Crippen LogP contribution in [0.15, 0.2) is 55.1 Å². The van der Waals surface area contributed by atoms with Gasteiger partial charge in [0.1, 0.15) is 5.65 Å². The van der Waals surface area contributed by atoms with Gasteiger partial charge in [0.15, 0.2) is 11.6 Å². The second-order valence-electron chi connectivity index (χ2n) is 5.88. The molecule has 1 atom stereocenters. The van der Waals surface area contributed by atoms with E-state index in [4.69, 9.17) is 4.74 Å². The fraction of sp³-hybridized carbons (Fsp3) is 0.158. The second-order valence-corrected chi connectivity index (χ2v) is 5.88. The van der Waals surface area contributed by atoms with E-state index in [1.165, 1.54) is 13.2 Å². The Kier molecular flexibility index (Phi) is 3.72. The van der Waals surface area contributed by atoms with Gasteiger partial charge < -0.3 is 9.72 Å². The van der Waals surface area contributed by atoms with Crippen molar-refractivity contribution in [3.8, 4) is 16.9 Å². The van der Waals surface area contributed by atoms with Crippen LogP contribution in [0, 0.1) is 5.82 Å².